The molecule has 2 aromatic rings. The first kappa shape index (κ1) is 14.2. The van der Waals surface area contributed by atoms with Crippen molar-refractivity contribution in [3.63, 3.8) is 0 Å². The van der Waals surface area contributed by atoms with Crippen LogP contribution >= 0.6 is 11.8 Å². The quantitative estimate of drug-likeness (QED) is 0.922. The van der Waals surface area contributed by atoms with Gasteiger partial charge in [0, 0.05) is 30.1 Å². The van der Waals surface area contributed by atoms with Gasteiger partial charge in [-0.1, -0.05) is 6.07 Å². The molecule has 1 N–H and O–H groups in total. The van der Waals surface area contributed by atoms with Crippen LogP contribution in [0.25, 0.3) is 0 Å². The third-order valence-electron chi connectivity index (χ3n) is 3.61. The molecule has 0 radical (unpaired) electrons. The van der Waals surface area contributed by atoms with Gasteiger partial charge in [0.05, 0.1) is 18.1 Å². The largest absolute Gasteiger partial charge is 0.469 e. The Morgan fingerprint density at radius 2 is 2.43 bits per heavy atom. The van der Waals surface area contributed by atoms with Crippen LogP contribution in [0, 0.1) is 0 Å². The first-order valence-corrected chi connectivity index (χ1v) is 8.30. The van der Waals surface area contributed by atoms with Gasteiger partial charge in [0.2, 0.25) is 5.91 Å². The van der Waals surface area contributed by atoms with E-state index in [1.807, 2.05) is 24.4 Å². The van der Waals surface area contributed by atoms with Crippen molar-refractivity contribution in [1.29, 1.82) is 0 Å². The SMILES string of the molecule is O=C(CSCc1cccnc1)NC1CCCc2occc21. The molecular formula is C16H18N2O2S. The Hall–Kier alpha value is -1.75. The summed E-state index contributed by atoms with van der Waals surface area (Å²) in [6.07, 6.45) is 8.34. The van der Waals surface area contributed by atoms with Crippen LogP contribution in [-0.2, 0) is 17.0 Å². The van der Waals surface area contributed by atoms with Crippen LogP contribution in [0.3, 0.4) is 0 Å². The number of fused-ring (bicyclic) bond motifs is 1. The summed E-state index contributed by atoms with van der Waals surface area (Å²) < 4.78 is 5.44. The average Bonchev–Trinajstić information content (AvgIpc) is 2.98. The summed E-state index contributed by atoms with van der Waals surface area (Å²) in [5.74, 6) is 2.39. The fraction of sp³-hybridized carbons (Fsp3) is 0.375. The Labute approximate surface area is 128 Å². The van der Waals surface area contributed by atoms with Gasteiger partial charge in [-0.2, -0.15) is 0 Å². The van der Waals surface area contributed by atoms with Gasteiger partial charge < -0.3 is 9.73 Å². The standard InChI is InChI=1S/C16H18N2O2S/c19-16(11-21-10-12-3-2-7-17-9-12)18-14-4-1-5-15-13(14)6-8-20-15/h2-3,6-9,14H,1,4-5,10-11H2,(H,18,19). The highest BCUT2D eigenvalue weighted by molar-refractivity contribution is 7.99. The number of carbonyl (C=O) groups is 1. The van der Waals surface area contributed by atoms with E-state index >= 15 is 0 Å². The molecule has 0 fully saturated rings. The molecule has 0 saturated carbocycles. The number of amides is 1. The highest BCUT2D eigenvalue weighted by Crippen LogP contribution is 2.30. The molecule has 2 aromatic heterocycles. The molecule has 3 rings (SSSR count). The van der Waals surface area contributed by atoms with Gasteiger partial charge in [0.25, 0.3) is 0 Å². The Morgan fingerprint density at radius 1 is 1.48 bits per heavy atom. The lowest BCUT2D eigenvalue weighted by atomic mass is 9.93. The van der Waals surface area contributed by atoms with Gasteiger partial charge in [-0.25, -0.2) is 0 Å². The average molecular weight is 302 g/mol. The first-order chi connectivity index (χ1) is 10.3. The van der Waals surface area contributed by atoms with E-state index in [1.54, 1.807) is 24.2 Å². The third-order valence-corrected chi connectivity index (χ3v) is 4.62. The van der Waals surface area contributed by atoms with E-state index in [9.17, 15) is 4.79 Å². The van der Waals surface area contributed by atoms with Crippen LogP contribution in [0.1, 0.15) is 35.8 Å². The van der Waals surface area contributed by atoms with Crippen LogP contribution in [-0.4, -0.2) is 16.6 Å². The molecule has 0 spiro atoms. The van der Waals surface area contributed by atoms with E-state index in [4.69, 9.17) is 4.42 Å². The summed E-state index contributed by atoms with van der Waals surface area (Å²) in [6.45, 7) is 0. The molecule has 110 valence electrons. The Bertz CT molecular complexity index is 597. The van der Waals surface area contributed by atoms with Gasteiger partial charge in [-0.05, 0) is 30.5 Å². The van der Waals surface area contributed by atoms with Gasteiger partial charge in [0.15, 0.2) is 0 Å². The highest BCUT2D eigenvalue weighted by Gasteiger charge is 2.23. The summed E-state index contributed by atoms with van der Waals surface area (Å²) in [7, 11) is 0. The minimum atomic E-state index is 0.0861. The van der Waals surface area contributed by atoms with Gasteiger partial charge in [-0.3, -0.25) is 9.78 Å². The van der Waals surface area contributed by atoms with E-state index in [1.165, 1.54) is 0 Å². The number of aromatic nitrogens is 1. The molecule has 1 aliphatic rings. The smallest absolute Gasteiger partial charge is 0.230 e. The van der Waals surface area contributed by atoms with E-state index < -0.39 is 0 Å². The molecule has 0 aliphatic heterocycles. The van der Waals surface area contributed by atoms with Gasteiger partial charge >= 0.3 is 0 Å². The number of aryl methyl sites for hydroxylation is 1. The Balaban J connectivity index is 1.47. The molecule has 2 heterocycles. The lowest BCUT2D eigenvalue weighted by Gasteiger charge is -2.22. The molecule has 1 atom stereocenters. The number of nitrogens with zero attached hydrogens (tertiary/aromatic N) is 1. The second kappa shape index (κ2) is 6.80. The molecule has 0 aromatic carbocycles. The van der Waals surface area contributed by atoms with Crippen molar-refractivity contribution in [2.45, 2.75) is 31.1 Å². The Kier molecular flexibility index (Phi) is 4.60. The van der Waals surface area contributed by atoms with Gasteiger partial charge in [0.1, 0.15) is 5.76 Å². The summed E-state index contributed by atoms with van der Waals surface area (Å²) in [6, 6.07) is 6.02. The van der Waals surface area contributed by atoms with Crippen molar-refractivity contribution < 1.29 is 9.21 Å². The van der Waals surface area contributed by atoms with E-state index in [-0.39, 0.29) is 11.9 Å². The number of rotatable bonds is 5. The maximum Gasteiger partial charge on any atom is 0.230 e. The monoisotopic (exact) mass is 302 g/mol. The molecule has 5 heteroatoms. The molecule has 4 nitrogen and oxygen atoms in total. The van der Waals surface area contributed by atoms with Crippen LogP contribution < -0.4 is 5.32 Å². The van der Waals surface area contributed by atoms with Crippen molar-refractivity contribution in [1.82, 2.24) is 10.3 Å². The number of hydrogen-bond donors (Lipinski definition) is 1. The molecule has 1 unspecified atom stereocenters. The fourth-order valence-electron chi connectivity index (χ4n) is 2.62. The summed E-state index contributed by atoms with van der Waals surface area (Å²) in [4.78, 5) is 16.1. The second-order valence-electron chi connectivity index (χ2n) is 5.17. The molecule has 0 bridgehead atoms. The zero-order chi connectivity index (χ0) is 14.5. The first-order valence-electron chi connectivity index (χ1n) is 7.15. The molecule has 0 saturated heterocycles. The normalized spacial score (nSPS) is 17.2. The third kappa shape index (κ3) is 3.67. The number of carbonyl (C=O) groups excluding carboxylic acids is 1. The lowest BCUT2D eigenvalue weighted by Crippen LogP contribution is -2.31. The van der Waals surface area contributed by atoms with E-state index in [2.05, 4.69) is 10.3 Å². The van der Waals surface area contributed by atoms with Crippen molar-refractivity contribution in [2.75, 3.05) is 5.75 Å². The number of pyridine rings is 1. The lowest BCUT2D eigenvalue weighted by molar-refractivity contribution is -0.119. The van der Waals surface area contributed by atoms with Gasteiger partial charge in [-0.15, -0.1) is 11.8 Å². The number of furan rings is 1. The number of nitrogens with one attached hydrogen (secondary N) is 1. The van der Waals surface area contributed by atoms with Crippen molar-refractivity contribution in [3.05, 3.63) is 53.7 Å². The maximum absolute atomic E-state index is 12.1. The summed E-state index contributed by atoms with van der Waals surface area (Å²) >= 11 is 1.61. The van der Waals surface area contributed by atoms with Crippen LogP contribution in [0.15, 0.2) is 41.3 Å². The van der Waals surface area contributed by atoms with E-state index in [0.29, 0.717) is 5.75 Å². The number of hydrogen-bond acceptors (Lipinski definition) is 4. The van der Waals surface area contributed by atoms with Crippen LogP contribution in [0.5, 0.6) is 0 Å². The van der Waals surface area contributed by atoms with Crippen molar-refractivity contribution in [3.8, 4) is 0 Å². The summed E-state index contributed by atoms with van der Waals surface area (Å²) in [5, 5.41) is 3.11. The van der Waals surface area contributed by atoms with Crippen LogP contribution in [0.2, 0.25) is 0 Å². The molecular weight excluding hydrogens is 284 g/mol. The fourth-order valence-corrected chi connectivity index (χ4v) is 3.39. The van der Waals surface area contributed by atoms with Crippen LogP contribution in [0.4, 0.5) is 0 Å². The predicted octanol–water partition coefficient (Wildman–Crippen LogP) is 3.10. The molecule has 1 amide bonds. The minimum Gasteiger partial charge on any atom is -0.469 e. The zero-order valence-corrected chi connectivity index (χ0v) is 12.6. The van der Waals surface area contributed by atoms with Crippen molar-refractivity contribution in [2.24, 2.45) is 0 Å². The van der Waals surface area contributed by atoms with Crippen molar-refractivity contribution >= 4 is 17.7 Å². The maximum atomic E-state index is 12.1. The summed E-state index contributed by atoms with van der Waals surface area (Å²) in [5.41, 5.74) is 2.29. The molecule has 21 heavy (non-hydrogen) atoms. The predicted molar refractivity (Wildman–Crippen MR) is 82.9 cm³/mol. The Morgan fingerprint density at radius 3 is 3.29 bits per heavy atom. The molecule has 1 aliphatic carbocycles. The zero-order valence-electron chi connectivity index (χ0n) is 11.7. The highest BCUT2D eigenvalue weighted by atomic mass is 32.2. The topological polar surface area (TPSA) is 55.1 Å². The van der Waals surface area contributed by atoms with E-state index in [0.717, 1.165) is 41.9 Å². The second-order valence-corrected chi connectivity index (χ2v) is 6.15. The minimum absolute atomic E-state index is 0.0861. The number of thioether (sulfide) groups is 1.